The maximum absolute atomic E-state index is 12.2. The molecule has 5 nitrogen and oxygen atoms in total. The Balaban J connectivity index is 1.22. The Kier molecular flexibility index (Phi) is 5.03. The van der Waals surface area contributed by atoms with E-state index in [9.17, 15) is 4.79 Å². The van der Waals surface area contributed by atoms with E-state index in [1.807, 2.05) is 41.4 Å². The predicted octanol–water partition coefficient (Wildman–Crippen LogP) is 4.69. The zero-order chi connectivity index (χ0) is 20.5. The van der Waals surface area contributed by atoms with Crippen LogP contribution in [0.25, 0.3) is 22.0 Å². The number of hydrogen-bond acceptors (Lipinski definition) is 4. The number of carbonyl (C=O) groups is 1. The Bertz CT molecular complexity index is 1050. The van der Waals surface area contributed by atoms with Crippen molar-refractivity contribution in [2.24, 2.45) is 5.92 Å². The van der Waals surface area contributed by atoms with Gasteiger partial charge < -0.3 is 14.4 Å². The second-order valence-corrected chi connectivity index (χ2v) is 8.22. The minimum absolute atomic E-state index is 0.177. The van der Waals surface area contributed by atoms with Crippen molar-refractivity contribution in [3.8, 4) is 22.6 Å². The van der Waals surface area contributed by atoms with E-state index in [4.69, 9.17) is 9.47 Å². The average Bonchev–Trinajstić information content (AvgIpc) is 3.64. The highest BCUT2D eigenvalue weighted by Crippen LogP contribution is 2.32. The molecule has 3 aromatic rings. The third kappa shape index (κ3) is 3.97. The minimum Gasteiger partial charge on any atom is -0.497 e. The van der Waals surface area contributed by atoms with Gasteiger partial charge in [-0.3, -0.25) is 9.78 Å². The van der Waals surface area contributed by atoms with Crippen molar-refractivity contribution >= 4 is 16.8 Å². The first-order valence-corrected chi connectivity index (χ1v) is 10.7. The second kappa shape index (κ2) is 7.98. The smallest absolute Gasteiger partial charge is 0.225 e. The summed E-state index contributed by atoms with van der Waals surface area (Å²) >= 11 is 0. The molecule has 1 aliphatic carbocycles. The van der Waals surface area contributed by atoms with Gasteiger partial charge in [0.2, 0.25) is 5.91 Å². The highest BCUT2D eigenvalue weighted by atomic mass is 16.5. The maximum Gasteiger partial charge on any atom is 0.225 e. The van der Waals surface area contributed by atoms with Gasteiger partial charge in [-0.25, -0.2) is 0 Å². The van der Waals surface area contributed by atoms with E-state index in [0.717, 1.165) is 72.3 Å². The number of carbonyl (C=O) groups excluding carboxylic acids is 1. The summed E-state index contributed by atoms with van der Waals surface area (Å²) in [5.41, 5.74) is 3.10. The number of nitrogens with zero attached hydrogens (tertiary/aromatic N) is 2. The molecule has 0 N–H and O–H groups in total. The van der Waals surface area contributed by atoms with Crippen LogP contribution >= 0.6 is 0 Å². The number of piperidine rings is 1. The number of methoxy groups -OCH3 is 1. The molecule has 154 valence electrons. The average molecular weight is 402 g/mol. The molecule has 0 spiro atoms. The fourth-order valence-corrected chi connectivity index (χ4v) is 4.09. The van der Waals surface area contributed by atoms with E-state index >= 15 is 0 Å². The van der Waals surface area contributed by atoms with Gasteiger partial charge in [0.15, 0.2) is 0 Å². The van der Waals surface area contributed by atoms with Crippen molar-refractivity contribution in [2.45, 2.75) is 31.8 Å². The van der Waals surface area contributed by atoms with Gasteiger partial charge in [-0.05, 0) is 48.7 Å². The second-order valence-electron chi connectivity index (χ2n) is 8.22. The quantitative estimate of drug-likeness (QED) is 0.621. The SMILES string of the molecule is COc1ccc2cc(-c3ccc(OC4CCN(C(=O)C5CC5)CC4)cc3)cnc2c1. The summed E-state index contributed by atoms with van der Waals surface area (Å²) in [7, 11) is 1.66. The Morgan fingerprint density at radius 2 is 1.67 bits per heavy atom. The first-order valence-electron chi connectivity index (χ1n) is 10.7. The number of pyridine rings is 1. The van der Waals surface area contributed by atoms with Crippen molar-refractivity contribution in [3.63, 3.8) is 0 Å². The van der Waals surface area contributed by atoms with Crippen LogP contribution in [0, 0.1) is 5.92 Å². The molecule has 0 atom stereocenters. The van der Waals surface area contributed by atoms with Crippen LogP contribution < -0.4 is 9.47 Å². The molecular formula is C25H26N2O3. The van der Waals surface area contributed by atoms with Gasteiger partial charge in [0.25, 0.3) is 0 Å². The molecule has 1 aliphatic heterocycles. The summed E-state index contributed by atoms with van der Waals surface area (Å²) in [6.07, 6.45) is 6.02. The molecular weight excluding hydrogens is 376 g/mol. The highest BCUT2D eigenvalue weighted by molar-refractivity contribution is 5.84. The molecule has 2 fully saturated rings. The first-order chi connectivity index (χ1) is 14.7. The molecule has 5 rings (SSSR count). The lowest BCUT2D eigenvalue weighted by atomic mass is 10.0. The molecule has 1 saturated heterocycles. The number of ether oxygens (including phenoxy) is 2. The molecule has 30 heavy (non-hydrogen) atoms. The third-order valence-corrected chi connectivity index (χ3v) is 6.06. The zero-order valence-electron chi connectivity index (χ0n) is 17.2. The molecule has 5 heteroatoms. The molecule has 1 aromatic heterocycles. The Morgan fingerprint density at radius 3 is 2.37 bits per heavy atom. The van der Waals surface area contributed by atoms with Crippen LogP contribution in [0.3, 0.4) is 0 Å². The van der Waals surface area contributed by atoms with E-state index in [1.165, 1.54) is 0 Å². The van der Waals surface area contributed by atoms with Gasteiger partial charge in [-0.2, -0.15) is 0 Å². The summed E-state index contributed by atoms with van der Waals surface area (Å²) in [5, 5.41) is 1.08. The minimum atomic E-state index is 0.177. The lowest BCUT2D eigenvalue weighted by molar-refractivity contribution is -0.134. The molecule has 0 bridgehead atoms. The van der Waals surface area contributed by atoms with Gasteiger partial charge in [-0.1, -0.05) is 12.1 Å². The maximum atomic E-state index is 12.2. The standard InChI is InChI=1S/C25H26N2O3/c1-29-23-9-6-19-14-20(16-26-24(19)15-23)17-4-7-21(8-5-17)30-22-10-12-27(13-11-22)25(28)18-2-3-18/h4-9,14-16,18,22H,2-3,10-13H2,1H3. The van der Waals surface area contributed by atoms with E-state index in [2.05, 4.69) is 23.2 Å². The molecule has 2 aliphatic rings. The number of benzene rings is 2. The Labute approximate surface area is 176 Å². The largest absolute Gasteiger partial charge is 0.497 e. The predicted molar refractivity (Wildman–Crippen MR) is 117 cm³/mol. The Morgan fingerprint density at radius 1 is 0.933 bits per heavy atom. The number of rotatable bonds is 5. The summed E-state index contributed by atoms with van der Waals surface area (Å²) in [6.45, 7) is 1.62. The molecule has 0 radical (unpaired) electrons. The summed E-state index contributed by atoms with van der Waals surface area (Å²) < 4.78 is 11.4. The van der Waals surface area contributed by atoms with Crippen molar-refractivity contribution in [3.05, 3.63) is 54.7 Å². The molecule has 1 saturated carbocycles. The van der Waals surface area contributed by atoms with Crippen molar-refractivity contribution in [1.82, 2.24) is 9.88 Å². The topological polar surface area (TPSA) is 51.7 Å². The van der Waals surface area contributed by atoms with Crippen LogP contribution in [0.15, 0.2) is 54.7 Å². The van der Waals surface area contributed by atoms with Crippen molar-refractivity contribution < 1.29 is 14.3 Å². The third-order valence-electron chi connectivity index (χ3n) is 6.06. The van der Waals surface area contributed by atoms with E-state index in [0.29, 0.717) is 11.8 Å². The van der Waals surface area contributed by atoms with E-state index < -0.39 is 0 Å². The van der Waals surface area contributed by atoms with Gasteiger partial charge in [-0.15, -0.1) is 0 Å². The number of fused-ring (bicyclic) bond motifs is 1. The number of amides is 1. The van der Waals surface area contributed by atoms with Crippen LogP contribution in [-0.2, 0) is 4.79 Å². The molecule has 2 aromatic carbocycles. The monoisotopic (exact) mass is 402 g/mol. The number of aromatic nitrogens is 1. The van der Waals surface area contributed by atoms with Crippen molar-refractivity contribution in [1.29, 1.82) is 0 Å². The molecule has 1 amide bonds. The van der Waals surface area contributed by atoms with Gasteiger partial charge in [0.1, 0.15) is 17.6 Å². The first kappa shape index (κ1) is 18.9. The van der Waals surface area contributed by atoms with Crippen LogP contribution in [0.2, 0.25) is 0 Å². The number of hydrogen-bond donors (Lipinski definition) is 0. The molecule has 0 unspecified atom stereocenters. The van der Waals surface area contributed by atoms with Crippen LogP contribution in [-0.4, -0.2) is 42.1 Å². The fraction of sp³-hybridized carbons (Fsp3) is 0.360. The molecule has 2 heterocycles. The lowest BCUT2D eigenvalue weighted by Crippen LogP contribution is -2.42. The summed E-state index contributed by atoms with van der Waals surface area (Å²) in [4.78, 5) is 18.8. The fourth-order valence-electron chi connectivity index (χ4n) is 4.09. The zero-order valence-corrected chi connectivity index (χ0v) is 17.2. The summed E-state index contributed by atoms with van der Waals surface area (Å²) in [6, 6.07) is 16.3. The van der Waals surface area contributed by atoms with E-state index in [-0.39, 0.29) is 6.10 Å². The van der Waals surface area contributed by atoms with Crippen LogP contribution in [0.5, 0.6) is 11.5 Å². The summed E-state index contributed by atoms with van der Waals surface area (Å²) in [5.74, 6) is 2.35. The van der Waals surface area contributed by atoms with Crippen LogP contribution in [0.1, 0.15) is 25.7 Å². The van der Waals surface area contributed by atoms with Gasteiger partial charge in [0.05, 0.1) is 12.6 Å². The highest BCUT2D eigenvalue weighted by Gasteiger charge is 2.35. The van der Waals surface area contributed by atoms with E-state index in [1.54, 1.807) is 7.11 Å². The van der Waals surface area contributed by atoms with Crippen molar-refractivity contribution in [2.75, 3.05) is 20.2 Å². The Hall–Kier alpha value is -3.08. The van der Waals surface area contributed by atoms with Gasteiger partial charge >= 0.3 is 0 Å². The van der Waals surface area contributed by atoms with Crippen LogP contribution in [0.4, 0.5) is 0 Å². The number of likely N-dealkylation sites (tertiary alicyclic amines) is 1. The lowest BCUT2D eigenvalue weighted by Gasteiger charge is -2.32. The normalized spacial score (nSPS) is 17.2. The van der Waals surface area contributed by atoms with Gasteiger partial charge in [0, 0.05) is 55.1 Å².